The minimum absolute atomic E-state index is 0.0261. The molecule has 1 aliphatic heterocycles. The lowest BCUT2D eigenvalue weighted by Gasteiger charge is -2.14. The van der Waals surface area contributed by atoms with Gasteiger partial charge in [0.15, 0.2) is 0 Å². The maximum Gasteiger partial charge on any atom is 0.299 e. The van der Waals surface area contributed by atoms with Crippen molar-refractivity contribution < 1.29 is 14.0 Å². The van der Waals surface area contributed by atoms with Crippen molar-refractivity contribution in [2.24, 2.45) is 0 Å². The summed E-state index contributed by atoms with van der Waals surface area (Å²) in [6.07, 6.45) is 1.43. The Kier molecular flexibility index (Phi) is 3.17. The number of hydrogen-bond acceptors (Lipinski definition) is 2. The number of carbonyl (C=O) groups is 2. The van der Waals surface area contributed by atoms with Crippen LogP contribution in [0.4, 0.5) is 10.1 Å². The first-order valence-corrected chi connectivity index (χ1v) is 5.48. The molecule has 1 heterocycles. The van der Waals surface area contributed by atoms with Crippen LogP contribution in [0.1, 0.15) is 10.4 Å². The first-order valence-electron chi connectivity index (χ1n) is 4.67. The van der Waals surface area contributed by atoms with Gasteiger partial charge in [-0.3, -0.25) is 14.5 Å². The molecule has 0 fully saturated rings. The normalized spacial score (nSPS) is 14.9. The number of carbonyl (C=O) groups excluding carboxylic acids is 2. The summed E-state index contributed by atoms with van der Waals surface area (Å²) < 4.78 is 13.6. The van der Waals surface area contributed by atoms with Crippen molar-refractivity contribution in [2.45, 2.75) is 0 Å². The van der Waals surface area contributed by atoms with Crippen molar-refractivity contribution in [1.82, 2.24) is 0 Å². The summed E-state index contributed by atoms with van der Waals surface area (Å²) in [5.74, 6) is -2.26. The topological polar surface area (TPSA) is 37.4 Å². The van der Waals surface area contributed by atoms with Crippen LogP contribution in [-0.2, 0) is 4.79 Å². The van der Waals surface area contributed by atoms with E-state index in [1.54, 1.807) is 0 Å². The summed E-state index contributed by atoms with van der Waals surface area (Å²) >= 11 is 11.1. The van der Waals surface area contributed by atoms with E-state index in [0.29, 0.717) is 0 Å². The van der Waals surface area contributed by atoms with Crippen molar-refractivity contribution in [3.8, 4) is 0 Å². The zero-order valence-corrected chi connectivity index (χ0v) is 9.93. The molecule has 1 aliphatic rings. The van der Waals surface area contributed by atoms with E-state index in [0.717, 1.165) is 11.0 Å². The number of hydrogen-bond donors (Lipinski definition) is 0. The fourth-order valence-corrected chi connectivity index (χ4v) is 1.99. The van der Waals surface area contributed by atoms with Gasteiger partial charge in [-0.1, -0.05) is 29.3 Å². The first kappa shape index (κ1) is 12.1. The molecule has 0 spiro atoms. The molecule has 0 radical (unpaired) electrons. The second-order valence-electron chi connectivity index (χ2n) is 3.36. The van der Waals surface area contributed by atoms with E-state index in [9.17, 15) is 14.0 Å². The molecule has 0 N–H and O–H groups in total. The van der Waals surface area contributed by atoms with Crippen LogP contribution in [-0.4, -0.2) is 18.2 Å². The van der Waals surface area contributed by atoms with Crippen LogP contribution in [0.3, 0.4) is 0 Å². The van der Waals surface area contributed by atoms with E-state index < -0.39 is 17.5 Å². The van der Waals surface area contributed by atoms with Crippen molar-refractivity contribution in [1.29, 1.82) is 0 Å². The molecule has 0 saturated heterocycles. The van der Waals surface area contributed by atoms with Gasteiger partial charge in [-0.15, -0.1) is 0 Å². The van der Waals surface area contributed by atoms with Crippen molar-refractivity contribution in [2.75, 3.05) is 11.4 Å². The second kappa shape index (κ2) is 4.47. The predicted octanol–water partition coefficient (Wildman–Crippen LogP) is 2.76. The highest BCUT2D eigenvalue weighted by Crippen LogP contribution is 2.36. The minimum atomic E-state index is -0.804. The molecule has 0 aliphatic carbocycles. The number of anilines is 1. The Morgan fingerprint density at radius 1 is 1.35 bits per heavy atom. The molecular weight excluding hydrogens is 268 g/mol. The number of rotatable bonds is 2. The molecule has 0 bridgehead atoms. The van der Waals surface area contributed by atoms with Crippen molar-refractivity contribution >= 4 is 40.6 Å². The Morgan fingerprint density at radius 2 is 2.06 bits per heavy atom. The molecule has 0 unspecified atom stereocenters. The van der Waals surface area contributed by atoms with Gasteiger partial charge in [0, 0.05) is 12.1 Å². The van der Waals surface area contributed by atoms with E-state index >= 15 is 0 Å². The number of amides is 1. The molecule has 1 aromatic rings. The Bertz CT molecular complexity index is 543. The lowest BCUT2D eigenvalue weighted by molar-refractivity contribution is -0.114. The van der Waals surface area contributed by atoms with Gasteiger partial charge in [0.2, 0.25) is 0 Å². The lowest BCUT2D eigenvalue weighted by atomic mass is 10.1. The summed E-state index contributed by atoms with van der Waals surface area (Å²) in [6, 6.07) is 2.37. The van der Waals surface area contributed by atoms with Crippen LogP contribution >= 0.6 is 23.2 Å². The Morgan fingerprint density at radius 3 is 2.71 bits per heavy atom. The zero-order chi connectivity index (χ0) is 12.6. The van der Waals surface area contributed by atoms with Gasteiger partial charge in [0.05, 0.1) is 16.3 Å². The summed E-state index contributed by atoms with van der Waals surface area (Å²) in [5.41, 5.74) is 1.03. The molecule has 0 aromatic heterocycles. The number of benzene rings is 1. The summed E-state index contributed by atoms with van der Waals surface area (Å²) in [4.78, 5) is 24.3. The van der Waals surface area contributed by atoms with E-state index in [-0.39, 0.29) is 22.8 Å². The highest BCUT2D eigenvalue weighted by Gasteiger charge is 2.39. The van der Waals surface area contributed by atoms with Crippen molar-refractivity contribution in [3.05, 3.63) is 40.1 Å². The standard InChI is InChI=1S/C11H6Cl2FNO2/c12-4-1-5-15-9-7(14)3-2-6(13)8(9)10(16)11(15)17/h1-4H,5H2/b4-1+. The summed E-state index contributed by atoms with van der Waals surface area (Å²) in [7, 11) is 0. The predicted molar refractivity (Wildman–Crippen MR) is 63.1 cm³/mol. The number of Topliss-reactive ketones (excluding diaryl/α,β-unsaturated/α-hetero) is 1. The highest BCUT2D eigenvalue weighted by molar-refractivity contribution is 6.55. The number of ketones is 1. The van der Waals surface area contributed by atoms with Gasteiger partial charge in [0.25, 0.3) is 11.7 Å². The van der Waals surface area contributed by atoms with Crippen LogP contribution in [0.25, 0.3) is 0 Å². The molecular formula is C11H6Cl2FNO2. The molecule has 3 nitrogen and oxygen atoms in total. The summed E-state index contributed by atoms with van der Waals surface area (Å²) in [5, 5.41) is 0.0668. The monoisotopic (exact) mass is 273 g/mol. The summed E-state index contributed by atoms with van der Waals surface area (Å²) in [6.45, 7) is 0.0261. The smallest absolute Gasteiger partial charge is 0.298 e. The van der Waals surface area contributed by atoms with E-state index in [1.807, 2.05) is 0 Å². The molecule has 1 aromatic carbocycles. The first-order chi connectivity index (χ1) is 8.07. The number of halogens is 3. The molecule has 17 heavy (non-hydrogen) atoms. The SMILES string of the molecule is O=C1C(=O)N(C/C=C/Cl)c2c(F)ccc(Cl)c21. The third-order valence-electron chi connectivity index (χ3n) is 2.39. The quantitative estimate of drug-likeness (QED) is 0.777. The minimum Gasteiger partial charge on any atom is -0.298 e. The number of nitrogens with zero attached hydrogens (tertiary/aromatic N) is 1. The Hall–Kier alpha value is -1.39. The molecule has 1 amide bonds. The molecule has 0 atom stereocenters. The van der Waals surface area contributed by atoms with Gasteiger partial charge in [0.1, 0.15) is 5.82 Å². The maximum atomic E-state index is 13.6. The Balaban J connectivity index is 2.59. The van der Waals surface area contributed by atoms with Gasteiger partial charge in [-0.05, 0) is 12.1 Å². The van der Waals surface area contributed by atoms with Gasteiger partial charge >= 0.3 is 0 Å². The fourth-order valence-electron chi connectivity index (χ4n) is 1.67. The van der Waals surface area contributed by atoms with Crippen molar-refractivity contribution in [3.63, 3.8) is 0 Å². The molecule has 6 heteroatoms. The largest absolute Gasteiger partial charge is 0.299 e. The maximum absolute atomic E-state index is 13.6. The number of fused-ring (bicyclic) bond motifs is 1. The lowest BCUT2D eigenvalue weighted by Crippen LogP contribution is -2.30. The molecule has 88 valence electrons. The van der Waals surface area contributed by atoms with Crippen LogP contribution in [0.5, 0.6) is 0 Å². The van der Waals surface area contributed by atoms with Crippen LogP contribution in [0, 0.1) is 5.82 Å². The second-order valence-corrected chi connectivity index (χ2v) is 4.02. The average molecular weight is 274 g/mol. The van der Waals surface area contributed by atoms with E-state index in [4.69, 9.17) is 23.2 Å². The molecule has 0 saturated carbocycles. The zero-order valence-electron chi connectivity index (χ0n) is 8.41. The van der Waals surface area contributed by atoms with E-state index in [2.05, 4.69) is 0 Å². The van der Waals surface area contributed by atoms with E-state index in [1.165, 1.54) is 17.7 Å². The third kappa shape index (κ3) is 1.83. The average Bonchev–Trinajstić information content (AvgIpc) is 2.56. The Labute approximate surface area is 106 Å². The molecule has 2 rings (SSSR count). The van der Waals surface area contributed by atoms with Gasteiger partial charge in [-0.2, -0.15) is 0 Å². The van der Waals surface area contributed by atoms with Crippen LogP contribution in [0.15, 0.2) is 23.7 Å². The highest BCUT2D eigenvalue weighted by atomic mass is 35.5. The van der Waals surface area contributed by atoms with Gasteiger partial charge in [-0.25, -0.2) is 4.39 Å². The van der Waals surface area contributed by atoms with Crippen LogP contribution in [0.2, 0.25) is 5.02 Å². The van der Waals surface area contributed by atoms with Gasteiger partial charge < -0.3 is 0 Å². The van der Waals surface area contributed by atoms with Crippen LogP contribution < -0.4 is 4.90 Å². The fraction of sp³-hybridized carbons (Fsp3) is 0.0909. The third-order valence-corrected chi connectivity index (χ3v) is 2.88.